The van der Waals surface area contributed by atoms with Gasteiger partial charge in [0.05, 0.1) is 6.42 Å². The predicted molar refractivity (Wildman–Crippen MR) is 109 cm³/mol. The number of carbonyl (C=O) groups excluding carboxylic acids is 2. The zero-order valence-electron chi connectivity index (χ0n) is 16.4. The van der Waals surface area contributed by atoms with Crippen LogP contribution in [0.4, 0.5) is 4.39 Å². The van der Waals surface area contributed by atoms with Crippen LogP contribution < -0.4 is 5.32 Å². The molecular formula is C22H26ClFN2O2. The van der Waals surface area contributed by atoms with Crippen molar-refractivity contribution >= 4 is 23.4 Å². The smallest absolute Gasteiger partial charge is 0.242 e. The normalized spacial score (nSPS) is 11.9. The van der Waals surface area contributed by atoms with Crippen molar-refractivity contribution in [3.05, 3.63) is 70.5 Å². The van der Waals surface area contributed by atoms with Gasteiger partial charge in [-0.3, -0.25) is 9.59 Å². The van der Waals surface area contributed by atoms with Crippen molar-refractivity contribution in [2.75, 3.05) is 6.54 Å². The quantitative estimate of drug-likeness (QED) is 0.716. The molecule has 0 unspecified atom stereocenters. The molecule has 1 atom stereocenters. The lowest BCUT2D eigenvalue weighted by molar-refractivity contribution is -0.140. The van der Waals surface area contributed by atoms with Gasteiger partial charge in [0.25, 0.3) is 0 Å². The standard InChI is InChI=1S/C22H26ClFN2O2/c1-15(2)13-25-22(28)16(3)26(14-18-6-10-20(24)11-7-18)21(27)12-17-4-8-19(23)9-5-17/h4-11,15-16H,12-14H2,1-3H3,(H,25,28)/t16-/m0/s1. The van der Waals surface area contributed by atoms with Crippen LogP contribution in [0.15, 0.2) is 48.5 Å². The van der Waals surface area contributed by atoms with Gasteiger partial charge in [-0.15, -0.1) is 0 Å². The summed E-state index contributed by atoms with van der Waals surface area (Å²) < 4.78 is 13.2. The number of halogens is 2. The Labute approximate surface area is 170 Å². The fraction of sp³-hybridized carbons (Fsp3) is 0.364. The summed E-state index contributed by atoms with van der Waals surface area (Å²) in [5.41, 5.74) is 1.57. The van der Waals surface area contributed by atoms with Crippen LogP contribution in [0.1, 0.15) is 31.9 Å². The maximum atomic E-state index is 13.2. The molecule has 0 bridgehead atoms. The second kappa shape index (κ2) is 10.2. The topological polar surface area (TPSA) is 49.4 Å². The van der Waals surface area contributed by atoms with Crippen LogP contribution in [-0.2, 0) is 22.6 Å². The number of benzene rings is 2. The largest absolute Gasteiger partial charge is 0.354 e. The highest BCUT2D eigenvalue weighted by atomic mass is 35.5. The van der Waals surface area contributed by atoms with Crippen molar-refractivity contribution in [3.63, 3.8) is 0 Å². The molecule has 2 amide bonds. The van der Waals surface area contributed by atoms with Crippen molar-refractivity contribution in [2.24, 2.45) is 5.92 Å². The van der Waals surface area contributed by atoms with Crippen molar-refractivity contribution < 1.29 is 14.0 Å². The van der Waals surface area contributed by atoms with Gasteiger partial charge in [0.15, 0.2) is 0 Å². The minimum atomic E-state index is -0.649. The number of hydrogen-bond acceptors (Lipinski definition) is 2. The van der Waals surface area contributed by atoms with E-state index in [1.165, 1.54) is 17.0 Å². The summed E-state index contributed by atoms with van der Waals surface area (Å²) in [5.74, 6) is -0.420. The predicted octanol–water partition coefficient (Wildman–Crippen LogP) is 4.21. The van der Waals surface area contributed by atoms with E-state index >= 15 is 0 Å². The van der Waals surface area contributed by atoms with Gasteiger partial charge in [-0.05, 0) is 48.2 Å². The Hall–Kier alpha value is -2.40. The minimum Gasteiger partial charge on any atom is -0.354 e. The van der Waals surface area contributed by atoms with Gasteiger partial charge in [0.2, 0.25) is 11.8 Å². The Morgan fingerprint density at radius 1 is 1.00 bits per heavy atom. The molecule has 0 aliphatic carbocycles. The van der Waals surface area contributed by atoms with Gasteiger partial charge in [-0.2, -0.15) is 0 Å². The number of carbonyl (C=O) groups is 2. The van der Waals surface area contributed by atoms with E-state index in [2.05, 4.69) is 5.32 Å². The van der Waals surface area contributed by atoms with Gasteiger partial charge < -0.3 is 10.2 Å². The molecule has 0 aromatic heterocycles. The number of nitrogens with one attached hydrogen (secondary N) is 1. The summed E-state index contributed by atoms with van der Waals surface area (Å²) in [6.45, 7) is 6.49. The van der Waals surface area contributed by atoms with Gasteiger partial charge in [0.1, 0.15) is 11.9 Å². The Kier molecular flexibility index (Phi) is 8.00. The molecule has 150 valence electrons. The Morgan fingerprint density at radius 3 is 2.14 bits per heavy atom. The van der Waals surface area contributed by atoms with E-state index in [9.17, 15) is 14.0 Å². The van der Waals surface area contributed by atoms with Crippen molar-refractivity contribution in [1.29, 1.82) is 0 Å². The highest BCUT2D eigenvalue weighted by Gasteiger charge is 2.26. The van der Waals surface area contributed by atoms with E-state index in [4.69, 9.17) is 11.6 Å². The lowest BCUT2D eigenvalue weighted by Gasteiger charge is -2.29. The molecule has 0 spiro atoms. The Bertz CT molecular complexity index is 791. The van der Waals surface area contributed by atoms with Crippen LogP contribution in [0.5, 0.6) is 0 Å². The minimum absolute atomic E-state index is 0.153. The lowest BCUT2D eigenvalue weighted by atomic mass is 10.1. The number of amides is 2. The molecule has 6 heteroatoms. The number of nitrogens with zero attached hydrogens (tertiary/aromatic N) is 1. The molecule has 4 nitrogen and oxygen atoms in total. The highest BCUT2D eigenvalue weighted by Crippen LogP contribution is 2.15. The van der Waals surface area contributed by atoms with Gasteiger partial charge in [0, 0.05) is 18.1 Å². The molecule has 0 radical (unpaired) electrons. The fourth-order valence-electron chi connectivity index (χ4n) is 2.70. The average Bonchev–Trinajstić information content (AvgIpc) is 2.66. The van der Waals surface area contributed by atoms with E-state index in [1.54, 1.807) is 43.3 Å². The van der Waals surface area contributed by atoms with Crippen LogP contribution in [0.3, 0.4) is 0 Å². The van der Waals surface area contributed by atoms with Crippen LogP contribution in [0.25, 0.3) is 0 Å². The van der Waals surface area contributed by atoms with Crippen molar-refractivity contribution in [2.45, 2.75) is 39.8 Å². The summed E-state index contributed by atoms with van der Waals surface area (Å²) in [6, 6.07) is 12.3. The lowest BCUT2D eigenvalue weighted by Crippen LogP contribution is -2.48. The third-order valence-corrected chi connectivity index (χ3v) is 4.64. The first kappa shape index (κ1) is 21.9. The third-order valence-electron chi connectivity index (χ3n) is 4.39. The first-order valence-corrected chi connectivity index (χ1v) is 9.70. The van der Waals surface area contributed by atoms with Gasteiger partial charge in [-0.1, -0.05) is 49.7 Å². The Morgan fingerprint density at radius 2 is 1.57 bits per heavy atom. The SMILES string of the molecule is CC(C)CNC(=O)[C@H](C)N(Cc1ccc(F)cc1)C(=O)Cc1ccc(Cl)cc1. The number of rotatable bonds is 8. The van der Waals surface area contributed by atoms with E-state index in [0.29, 0.717) is 17.5 Å². The van der Waals surface area contributed by atoms with Crippen LogP contribution >= 0.6 is 11.6 Å². The van der Waals surface area contributed by atoms with Crippen LogP contribution in [0.2, 0.25) is 5.02 Å². The van der Waals surface area contributed by atoms with Crippen LogP contribution in [0, 0.1) is 11.7 Å². The third kappa shape index (κ3) is 6.64. The molecule has 0 saturated heterocycles. The maximum Gasteiger partial charge on any atom is 0.242 e. The summed E-state index contributed by atoms with van der Waals surface area (Å²) >= 11 is 5.90. The monoisotopic (exact) mass is 404 g/mol. The van der Waals surface area contributed by atoms with Crippen molar-refractivity contribution in [3.8, 4) is 0 Å². The summed E-state index contributed by atoms with van der Waals surface area (Å²) in [6.07, 6.45) is 0.153. The molecular weight excluding hydrogens is 379 g/mol. The highest BCUT2D eigenvalue weighted by molar-refractivity contribution is 6.30. The molecule has 0 saturated carbocycles. The molecule has 2 aromatic carbocycles. The summed E-state index contributed by atoms with van der Waals surface area (Å²) in [4.78, 5) is 27.1. The zero-order chi connectivity index (χ0) is 20.7. The molecule has 0 aliphatic rings. The first-order chi connectivity index (χ1) is 13.3. The second-order valence-corrected chi connectivity index (χ2v) is 7.70. The molecule has 2 aromatic rings. The molecule has 1 N–H and O–H groups in total. The van der Waals surface area contributed by atoms with Gasteiger partial charge in [-0.25, -0.2) is 4.39 Å². The van der Waals surface area contributed by atoms with E-state index in [1.807, 2.05) is 13.8 Å². The summed E-state index contributed by atoms with van der Waals surface area (Å²) in [7, 11) is 0. The van der Waals surface area contributed by atoms with Gasteiger partial charge >= 0.3 is 0 Å². The molecule has 0 heterocycles. The van der Waals surface area contributed by atoms with E-state index in [0.717, 1.165) is 11.1 Å². The first-order valence-electron chi connectivity index (χ1n) is 9.32. The Balaban J connectivity index is 2.18. The van der Waals surface area contributed by atoms with Crippen LogP contribution in [-0.4, -0.2) is 29.3 Å². The molecule has 0 fully saturated rings. The molecule has 28 heavy (non-hydrogen) atoms. The second-order valence-electron chi connectivity index (χ2n) is 7.27. The molecule has 0 aliphatic heterocycles. The molecule has 2 rings (SSSR count). The fourth-order valence-corrected chi connectivity index (χ4v) is 2.83. The number of hydrogen-bond donors (Lipinski definition) is 1. The van der Waals surface area contributed by atoms with E-state index in [-0.39, 0.29) is 30.6 Å². The maximum absolute atomic E-state index is 13.2. The van der Waals surface area contributed by atoms with E-state index < -0.39 is 6.04 Å². The zero-order valence-corrected chi connectivity index (χ0v) is 17.2. The summed E-state index contributed by atoms with van der Waals surface area (Å²) in [5, 5.41) is 3.47. The van der Waals surface area contributed by atoms with Crippen molar-refractivity contribution in [1.82, 2.24) is 10.2 Å². The average molecular weight is 405 g/mol.